The Hall–Kier alpha value is -2.41. The highest BCUT2D eigenvalue weighted by Gasteiger charge is 2.06. The van der Waals surface area contributed by atoms with Crippen LogP contribution >= 0.6 is 0 Å². The first-order valence-electron chi connectivity index (χ1n) is 5.74. The molecule has 0 unspecified atom stereocenters. The molecule has 19 heavy (non-hydrogen) atoms. The van der Waals surface area contributed by atoms with Gasteiger partial charge in [-0.15, -0.1) is 0 Å². The van der Waals surface area contributed by atoms with Gasteiger partial charge >= 0.3 is 11.7 Å². The summed E-state index contributed by atoms with van der Waals surface area (Å²) >= 11 is 0. The number of carboxylic acid groups (broad SMARTS) is 1. The van der Waals surface area contributed by atoms with Crippen LogP contribution in [0.2, 0.25) is 0 Å². The largest absolute Gasteiger partial charge is 0.480 e. The van der Waals surface area contributed by atoms with Crippen molar-refractivity contribution in [2.24, 2.45) is 0 Å². The fraction of sp³-hybridized carbons (Fsp3) is 0.250. The van der Waals surface area contributed by atoms with E-state index < -0.39 is 11.7 Å². The van der Waals surface area contributed by atoms with Gasteiger partial charge in [0.25, 0.3) is 5.56 Å². The molecule has 2 rings (SSSR count). The van der Waals surface area contributed by atoms with E-state index in [-0.39, 0.29) is 25.2 Å². The Morgan fingerprint density at radius 2 is 2.05 bits per heavy atom. The van der Waals surface area contributed by atoms with E-state index in [4.69, 9.17) is 5.11 Å². The summed E-state index contributed by atoms with van der Waals surface area (Å²) in [6, 6.07) is 6.74. The number of benzene rings is 1. The number of aromatic amines is 1. The molecule has 1 heterocycles. The molecule has 0 aliphatic rings. The van der Waals surface area contributed by atoms with Gasteiger partial charge in [0.15, 0.2) is 0 Å². The number of aromatic nitrogens is 2. The van der Waals surface area contributed by atoms with Gasteiger partial charge < -0.3 is 15.4 Å². The molecule has 0 aliphatic carbocycles. The highest BCUT2D eigenvalue weighted by Crippen LogP contribution is 2.02. The van der Waals surface area contributed by atoms with Gasteiger partial charge in [0.05, 0.1) is 17.4 Å². The summed E-state index contributed by atoms with van der Waals surface area (Å²) in [7, 11) is 0. The van der Waals surface area contributed by atoms with E-state index in [9.17, 15) is 14.4 Å². The summed E-state index contributed by atoms with van der Waals surface area (Å²) < 4.78 is 1.05. The number of nitrogens with one attached hydrogen (secondary N) is 2. The van der Waals surface area contributed by atoms with E-state index in [2.05, 4.69) is 10.3 Å². The third-order valence-corrected chi connectivity index (χ3v) is 2.68. The van der Waals surface area contributed by atoms with Gasteiger partial charge in [-0.1, -0.05) is 12.1 Å². The van der Waals surface area contributed by atoms with Gasteiger partial charge in [-0.3, -0.25) is 14.2 Å². The number of carboxylic acids is 1. The van der Waals surface area contributed by atoms with Crippen molar-refractivity contribution in [1.29, 1.82) is 0 Å². The van der Waals surface area contributed by atoms with Crippen LogP contribution in [-0.4, -0.2) is 33.7 Å². The monoisotopic (exact) mass is 263 g/mol. The maximum atomic E-state index is 12.1. The first-order chi connectivity index (χ1) is 9.09. The van der Waals surface area contributed by atoms with Gasteiger partial charge in [-0.25, -0.2) is 4.79 Å². The number of H-pyrrole nitrogens is 1. The van der Waals surface area contributed by atoms with Crippen LogP contribution < -0.4 is 16.6 Å². The Labute approximate surface area is 107 Å². The smallest absolute Gasteiger partial charge is 0.328 e. The molecular formula is C12H13N3O4. The Bertz CT molecular complexity index is 717. The normalized spacial score (nSPS) is 10.7. The molecule has 0 radical (unpaired) electrons. The summed E-state index contributed by atoms with van der Waals surface area (Å²) in [4.78, 5) is 36.8. The zero-order valence-electron chi connectivity index (χ0n) is 10.0. The molecule has 3 N–H and O–H groups in total. The quantitative estimate of drug-likeness (QED) is 0.623. The minimum absolute atomic E-state index is 0.117. The molecule has 7 heteroatoms. The Balaban J connectivity index is 2.26. The second kappa shape index (κ2) is 5.49. The fourth-order valence-electron chi connectivity index (χ4n) is 1.79. The van der Waals surface area contributed by atoms with Crippen molar-refractivity contribution in [2.45, 2.75) is 6.54 Å². The number of rotatable bonds is 5. The van der Waals surface area contributed by atoms with Crippen molar-refractivity contribution in [2.75, 3.05) is 13.1 Å². The lowest BCUT2D eigenvalue weighted by atomic mass is 10.2. The first-order valence-corrected chi connectivity index (χ1v) is 5.74. The maximum absolute atomic E-state index is 12.1. The molecule has 2 aromatic rings. The number of carbonyl (C=O) groups is 1. The van der Waals surface area contributed by atoms with Crippen LogP contribution in [0.1, 0.15) is 0 Å². The highest BCUT2D eigenvalue weighted by atomic mass is 16.4. The molecule has 0 bridgehead atoms. The number of fused-ring (bicyclic) bond motifs is 1. The van der Waals surface area contributed by atoms with Crippen molar-refractivity contribution in [1.82, 2.24) is 14.9 Å². The van der Waals surface area contributed by atoms with E-state index >= 15 is 0 Å². The van der Waals surface area contributed by atoms with Crippen LogP contribution in [0.15, 0.2) is 33.9 Å². The lowest BCUT2D eigenvalue weighted by molar-refractivity contribution is -0.135. The molecule has 0 amide bonds. The van der Waals surface area contributed by atoms with Gasteiger partial charge in [0.1, 0.15) is 0 Å². The second-order valence-corrected chi connectivity index (χ2v) is 4.00. The predicted octanol–water partition coefficient (Wildman–Crippen LogP) is -0.636. The molecule has 7 nitrogen and oxygen atoms in total. The molecule has 1 aromatic carbocycles. The number of nitrogens with zero attached hydrogens (tertiary/aromatic N) is 1. The van der Waals surface area contributed by atoms with Crippen molar-refractivity contribution in [3.63, 3.8) is 0 Å². The van der Waals surface area contributed by atoms with Gasteiger partial charge in [0, 0.05) is 13.1 Å². The fourth-order valence-corrected chi connectivity index (χ4v) is 1.79. The van der Waals surface area contributed by atoms with E-state index in [1.165, 1.54) is 0 Å². The average Bonchev–Trinajstić information content (AvgIpc) is 2.37. The molecule has 0 fully saturated rings. The van der Waals surface area contributed by atoms with Crippen LogP contribution in [0.4, 0.5) is 0 Å². The van der Waals surface area contributed by atoms with E-state index in [0.29, 0.717) is 10.9 Å². The van der Waals surface area contributed by atoms with Crippen molar-refractivity contribution < 1.29 is 9.90 Å². The van der Waals surface area contributed by atoms with Crippen molar-refractivity contribution in [3.8, 4) is 0 Å². The lowest BCUT2D eigenvalue weighted by Crippen LogP contribution is -2.38. The standard InChI is InChI=1S/C12H13N3O4/c16-10(17)7-13-5-6-15-11(18)8-3-1-2-4-9(8)14-12(15)19/h1-4,13H,5-7H2,(H,14,19)(H,16,17). The summed E-state index contributed by atoms with van der Waals surface area (Å²) in [6.07, 6.45) is 0. The van der Waals surface area contributed by atoms with Crippen LogP contribution in [0.3, 0.4) is 0 Å². The number of para-hydroxylation sites is 1. The Morgan fingerprint density at radius 1 is 1.32 bits per heavy atom. The van der Waals surface area contributed by atoms with Crippen LogP contribution in [0.5, 0.6) is 0 Å². The molecule has 0 saturated heterocycles. The molecule has 100 valence electrons. The zero-order valence-corrected chi connectivity index (χ0v) is 10.0. The predicted molar refractivity (Wildman–Crippen MR) is 69.3 cm³/mol. The highest BCUT2D eigenvalue weighted by molar-refractivity contribution is 5.76. The summed E-state index contributed by atoms with van der Waals surface area (Å²) in [5.41, 5.74) is -0.385. The van der Waals surface area contributed by atoms with Crippen molar-refractivity contribution >= 4 is 16.9 Å². The summed E-state index contributed by atoms with van der Waals surface area (Å²) in [6.45, 7) is 0.139. The number of aliphatic carboxylic acids is 1. The van der Waals surface area contributed by atoms with Gasteiger partial charge in [-0.2, -0.15) is 0 Å². The molecule has 1 aromatic heterocycles. The number of hydrogen-bond acceptors (Lipinski definition) is 4. The summed E-state index contributed by atoms with van der Waals surface area (Å²) in [5.74, 6) is -0.986. The van der Waals surface area contributed by atoms with Crippen molar-refractivity contribution in [3.05, 3.63) is 45.1 Å². The van der Waals surface area contributed by atoms with E-state index in [1.54, 1.807) is 24.3 Å². The first kappa shape index (κ1) is 13.0. The maximum Gasteiger partial charge on any atom is 0.328 e. The van der Waals surface area contributed by atoms with Crippen LogP contribution in [0, 0.1) is 0 Å². The minimum Gasteiger partial charge on any atom is -0.480 e. The molecule has 0 atom stereocenters. The Kier molecular flexibility index (Phi) is 3.76. The van der Waals surface area contributed by atoms with Crippen LogP contribution in [0.25, 0.3) is 10.9 Å². The third kappa shape index (κ3) is 2.89. The molecule has 0 aliphatic heterocycles. The third-order valence-electron chi connectivity index (χ3n) is 2.68. The zero-order chi connectivity index (χ0) is 13.8. The molecule has 0 saturated carbocycles. The molecule has 0 spiro atoms. The number of hydrogen-bond donors (Lipinski definition) is 3. The Morgan fingerprint density at radius 3 is 2.79 bits per heavy atom. The van der Waals surface area contributed by atoms with Gasteiger partial charge in [-0.05, 0) is 12.1 Å². The lowest BCUT2D eigenvalue weighted by Gasteiger charge is -2.06. The van der Waals surface area contributed by atoms with E-state index in [1.807, 2.05) is 0 Å². The topological polar surface area (TPSA) is 104 Å². The SMILES string of the molecule is O=C(O)CNCCn1c(=O)[nH]c2ccccc2c1=O. The minimum atomic E-state index is -0.986. The average molecular weight is 263 g/mol. The van der Waals surface area contributed by atoms with Crippen LogP contribution in [-0.2, 0) is 11.3 Å². The van der Waals surface area contributed by atoms with E-state index in [0.717, 1.165) is 4.57 Å². The second-order valence-electron chi connectivity index (χ2n) is 4.00. The molecular weight excluding hydrogens is 250 g/mol. The van der Waals surface area contributed by atoms with Gasteiger partial charge in [0.2, 0.25) is 0 Å². The summed E-state index contributed by atoms with van der Waals surface area (Å²) in [5, 5.41) is 11.5.